The number of para-hydroxylation sites is 8. The summed E-state index contributed by atoms with van der Waals surface area (Å²) in [5, 5.41) is 4.99. The van der Waals surface area contributed by atoms with E-state index in [0.717, 1.165) is 67.8 Å². The number of rotatable bonds is 4. The predicted molar refractivity (Wildman–Crippen MR) is 312 cm³/mol. The minimum Gasteiger partial charge on any atom is -0.457 e. The first-order chi connectivity index (χ1) is 37.7. The quantitative estimate of drug-likeness (QED) is 0.176. The van der Waals surface area contributed by atoms with Gasteiger partial charge in [-0.15, -0.1) is 22.7 Å². The van der Waals surface area contributed by atoms with Gasteiger partial charge in [0, 0.05) is 74.7 Å². The lowest BCUT2D eigenvalue weighted by molar-refractivity contribution is 0.418. The van der Waals surface area contributed by atoms with E-state index in [-0.39, 0.29) is 0 Å². The molecule has 1 aliphatic carbocycles. The number of aromatic nitrogens is 2. The van der Waals surface area contributed by atoms with Crippen LogP contribution in [0.4, 0.5) is 0 Å². The van der Waals surface area contributed by atoms with Gasteiger partial charge in [-0.05, 0) is 107 Å². The highest BCUT2D eigenvalue weighted by molar-refractivity contribution is 7.17. The van der Waals surface area contributed by atoms with Gasteiger partial charge in [0.05, 0.1) is 32.9 Å². The van der Waals surface area contributed by atoms with Crippen LogP contribution < -0.4 is 9.47 Å². The molecule has 0 bridgehead atoms. The summed E-state index contributed by atoms with van der Waals surface area (Å²) < 4.78 is 18.9. The second kappa shape index (κ2) is 15.7. The molecule has 0 amide bonds. The highest BCUT2D eigenvalue weighted by Crippen LogP contribution is 2.70. The topological polar surface area (TPSA) is 28.3 Å². The molecule has 17 rings (SSSR count). The average Bonchev–Trinajstić information content (AvgIpc) is 4.44. The van der Waals surface area contributed by atoms with Crippen molar-refractivity contribution in [3.63, 3.8) is 0 Å². The highest BCUT2D eigenvalue weighted by Gasteiger charge is 2.61. The molecule has 0 radical (unpaired) electrons. The molecular weight excluding hydrogens is 965 g/mol. The second-order valence-corrected chi connectivity index (χ2v) is 22.3. The maximum absolute atomic E-state index is 7.00. The lowest BCUT2D eigenvalue weighted by Gasteiger charge is -2.50. The molecule has 4 aromatic heterocycles. The van der Waals surface area contributed by atoms with Crippen LogP contribution in [0.25, 0.3) is 75.9 Å². The van der Waals surface area contributed by atoms with E-state index in [1.165, 1.54) is 74.2 Å². The second-order valence-electron chi connectivity index (χ2n) is 20.2. The van der Waals surface area contributed by atoms with Crippen LogP contribution in [0.1, 0.15) is 43.1 Å². The van der Waals surface area contributed by atoms with Gasteiger partial charge >= 0.3 is 0 Å². The van der Waals surface area contributed by atoms with E-state index >= 15 is 0 Å². The fourth-order valence-corrected chi connectivity index (χ4v) is 16.4. The zero-order chi connectivity index (χ0) is 49.7. The fourth-order valence-electron chi connectivity index (χ4n) is 13.5. The number of hydrogen-bond acceptors (Lipinski definition) is 4. The Morgan fingerprint density at radius 1 is 0.276 bits per heavy atom. The SMILES string of the molecule is c1cc(-c2cc3c(s2)C2(c4ccccc4Oc4ccccc42)c2cc(-c4cccc(-n5c6ccccc6c6ccccc65)c4)sc2C32c3ccccc3Oc3ccccc32)cc(-n2c3ccccc3c3ccccc32)c1. The van der Waals surface area contributed by atoms with Gasteiger partial charge in [-0.3, -0.25) is 0 Å². The molecule has 0 unspecified atom stereocenters. The first-order valence-corrected chi connectivity index (χ1v) is 27.5. The van der Waals surface area contributed by atoms with Crippen molar-refractivity contribution in [3.8, 4) is 55.3 Å². The number of nitrogens with zero attached hydrogens (tertiary/aromatic N) is 2. The predicted octanol–water partition coefficient (Wildman–Crippen LogP) is 18.6. The summed E-state index contributed by atoms with van der Waals surface area (Å²) in [6, 6.07) is 93.5. The molecule has 76 heavy (non-hydrogen) atoms. The summed E-state index contributed by atoms with van der Waals surface area (Å²) in [4.78, 5) is 4.94. The molecule has 14 aromatic rings. The van der Waals surface area contributed by atoms with Crippen LogP contribution in [0, 0.1) is 0 Å². The normalized spacial score (nSPS) is 14.2. The summed E-state index contributed by atoms with van der Waals surface area (Å²) in [6.45, 7) is 0. The number of fused-ring (bicyclic) bond motifs is 20. The molecule has 2 aliphatic heterocycles. The van der Waals surface area contributed by atoms with Gasteiger partial charge < -0.3 is 18.6 Å². The van der Waals surface area contributed by atoms with Gasteiger partial charge in [-0.2, -0.15) is 0 Å². The van der Waals surface area contributed by atoms with Crippen molar-refractivity contribution in [1.29, 1.82) is 0 Å². The molecule has 0 saturated carbocycles. The zero-order valence-electron chi connectivity index (χ0n) is 40.8. The van der Waals surface area contributed by atoms with Gasteiger partial charge in [0.1, 0.15) is 23.0 Å². The number of ether oxygens (including phenoxy) is 2. The molecule has 4 nitrogen and oxygen atoms in total. The lowest BCUT2D eigenvalue weighted by Crippen LogP contribution is -2.45. The Morgan fingerprint density at radius 3 is 0.921 bits per heavy atom. The summed E-state index contributed by atoms with van der Waals surface area (Å²) in [7, 11) is 0. The van der Waals surface area contributed by atoms with E-state index in [1.54, 1.807) is 0 Å². The van der Waals surface area contributed by atoms with Crippen molar-refractivity contribution in [2.24, 2.45) is 0 Å². The average molecular weight is 1010 g/mol. The maximum Gasteiger partial charge on any atom is 0.132 e. The molecule has 356 valence electrons. The van der Waals surface area contributed by atoms with Crippen molar-refractivity contribution in [3.05, 3.63) is 298 Å². The van der Waals surface area contributed by atoms with E-state index in [1.807, 2.05) is 22.7 Å². The first kappa shape index (κ1) is 42.2. The molecule has 3 aliphatic rings. The highest BCUT2D eigenvalue weighted by atomic mass is 32.1. The third-order valence-corrected chi connectivity index (χ3v) is 19.1. The van der Waals surface area contributed by atoms with Gasteiger partial charge in [0.15, 0.2) is 0 Å². The molecule has 6 heteroatoms. The Bertz CT molecular complexity index is 4210. The van der Waals surface area contributed by atoms with Crippen molar-refractivity contribution < 1.29 is 9.47 Å². The minimum atomic E-state index is -0.768. The largest absolute Gasteiger partial charge is 0.457 e. The minimum absolute atomic E-state index is 0.768. The molecule has 10 aromatic carbocycles. The van der Waals surface area contributed by atoms with Crippen LogP contribution in [0.2, 0.25) is 0 Å². The van der Waals surface area contributed by atoms with Gasteiger partial charge in [-0.25, -0.2) is 0 Å². The molecule has 0 fully saturated rings. The van der Waals surface area contributed by atoms with E-state index in [0.29, 0.717) is 0 Å². The molecule has 0 N–H and O–H groups in total. The van der Waals surface area contributed by atoms with E-state index in [4.69, 9.17) is 9.47 Å². The molecule has 0 saturated heterocycles. The van der Waals surface area contributed by atoms with Gasteiger partial charge in [-0.1, -0.05) is 170 Å². The number of thiophene rings is 2. The molecule has 6 heterocycles. The number of hydrogen-bond donors (Lipinski definition) is 0. The summed E-state index contributed by atoms with van der Waals surface area (Å²) in [6.07, 6.45) is 0. The van der Waals surface area contributed by atoms with Crippen LogP contribution >= 0.6 is 22.7 Å². The Hall–Kier alpha value is -9.20. The van der Waals surface area contributed by atoms with Crippen LogP contribution in [0.5, 0.6) is 23.0 Å². The van der Waals surface area contributed by atoms with Crippen LogP contribution in [-0.4, -0.2) is 9.13 Å². The van der Waals surface area contributed by atoms with E-state index in [9.17, 15) is 0 Å². The summed E-state index contributed by atoms with van der Waals surface area (Å²) in [5.74, 6) is 3.47. The van der Waals surface area contributed by atoms with E-state index < -0.39 is 10.8 Å². The molecule has 0 atom stereocenters. The summed E-state index contributed by atoms with van der Waals surface area (Å²) in [5.41, 5.74) is 14.9. The fraction of sp³-hybridized carbons (Fsp3) is 0.0286. The van der Waals surface area contributed by atoms with Gasteiger partial charge in [0.25, 0.3) is 0 Å². The standard InChI is InChI=1S/C70H42N2O2S2/c1-9-31-57-47(23-1)48-24-2-10-32-58(48)71(57)45-21-17-19-43(39-45)65-41-55-67(75-65)70(53-29-7-15-37-63(53)74-64-38-16-8-30-54(64)70)56-42-66(76-68(56)69(55)51-27-5-13-35-61(51)73-62-36-14-6-28-52(62)69)44-20-18-22-46(40-44)72-59-33-11-3-25-49(59)50-26-4-12-34-60(50)72/h1-42H. The summed E-state index contributed by atoms with van der Waals surface area (Å²) >= 11 is 3.84. The van der Waals surface area contributed by atoms with E-state index in [2.05, 4.69) is 264 Å². The van der Waals surface area contributed by atoms with Crippen LogP contribution in [0.15, 0.2) is 255 Å². The van der Waals surface area contributed by atoms with Crippen molar-refractivity contribution in [1.82, 2.24) is 9.13 Å². The Labute approximate surface area is 446 Å². The monoisotopic (exact) mass is 1010 g/mol. The third-order valence-electron chi connectivity index (χ3n) is 16.5. The Balaban J connectivity index is 0.979. The van der Waals surface area contributed by atoms with Gasteiger partial charge in [0.2, 0.25) is 0 Å². The van der Waals surface area contributed by atoms with Crippen LogP contribution in [-0.2, 0) is 10.8 Å². The smallest absolute Gasteiger partial charge is 0.132 e. The van der Waals surface area contributed by atoms with Crippen molar-refractivity contribution >= 4 is 66.3 Å². The maximum atomic E-state index is 7.00. The first-order valence-electron chi connectivity index (χ1n) is 25.9. The van der Waals surface area contributed by atoms with Crippen LogP contribution in [0.3, 0.4) is 0 Å². The number of benzene rings is 10. The molecular formula is C70H42N2O2S2. The lowest BCUT2D eigenvalue weighted by atomic mass is 9.54. The van der Waals surface area contributed by atoms with Crippen molar-refractivity contribution in [2.45, 2.75) is 10.8 Å². The Kier molecular flexibility index (Phi) is 8.70. The zero-order valence-corrected chi connectivity index (χ0v) is 42.4. The molecule has 2 spiro atoms. The Morgan fingerprint density at radius 2 is 0.579 bits per heavy atom. The third kappa shape index (κ3) is 5.51. The van der Waals surface area contributed by atoms with Crippen molar-refractivity contribution in [2.75, 3.05) is 0 Å².